The van der Waals surface area contributed by atoms with E-state index in [4.69, 9.17) is 28.9 Å². The van der Waals surface area contributed by atoms with Crippen LogP contribution >= 0.6 is 35.0 Å². The molecule has 1 aromatic heterocycles. The van der Waals surface area contributed by atoms with Crippen molar-refractivity contribution in [1.29, 1.82) is 0 Å². The zero-order chi connectivity index (χ0) is 25.2. The van der Waals surface area contributed by atoms with Crippen LogP contribution in [-0.2, 0) is 15.8 Å². The minimum absolute atomic E-state index is 0.0181. The number of nitrogens with two attached hydrogens (primary N) is 1. The van der Waals surface area contributed by atoms with E-state index in [1.807, 2.05) is 54.6 Å². The lowest BCUT2D eigenvalue weighted by Crippen LogP contribution is -2.26. The molecule has 10 heteroatoms. The van der Waals surface area contributed by atoms with Crippen LogP contribution in [0, 0.1) is 13.8 Å². The van der Waals surface area contributed by atoms with Crippen LogP contribution in [0.4, 0.5) is 0 Å². The van der Waals surface area contributed by atoms with Crippen LogP contribution in [0.2, 0.25) is 10.0 Å². The maximum absolute atomic E-state index is 13.4. The van der Waals surface area contributed by atoms with E-state index in [1.165, 1.54) is 22.5 Å². The molecule has 0 spiro atoms. The first-order chi connectivity index (χ1) is 16.7. The number of sulfonamides is 1. The van der Waals surface area contributed by atoms with Gasteiger partial charge in [-0.3, -0.25) is 0 Å². The van der Waals surface area contributed by atoms with Gasteiger partial charge in [-0.25, -0.2) is 0 Å². The number of nitrogens with zero attached hydrogens (tertiary/aromatic N) is 3. The fourth-order valence-corrected chi connectivity index (χ4v) is 6.45. The second-order valence-electron chi connectivity index (χ2n) is 7.80. The van der Waals surface area contributed by atoms with Crippen molar-refractivity contribution >= 4 is 50.9 Å². The molecule has 0 unspecified atom stereocenters. The van der Waals surface area contributed by atoms with Gasteiger partial charge in [0.2, 0.25) is 5.96 Å². The Morgan fingerprint density at radius 3 is 2.40 bits per heavy atom. The molecule has 6 nitrogen and oxygen atoms in total. The minimum Gasteiger partial charge on any atom is -0.367 e. The van der Waals surface area contributed by atoms with Crippen molar-refractivity contribution in [2.75, 3.05) is 0 Å². The number of thioether (sulfide) groups is 1. The van der Waals surface area contributed by atoms with Gasteiger partial charge in [-0.1, -0.05) is 71.7 Å². The molecule has 4 rings (SSSR count). The molecule has 0 amide bonds. The van der Waals surface area contributed by atoms with E-state index in [2.05, 4.69) is 9.50 Å². The maximum Gasteiger partial charge on any atom is 0.286 e. The molecule has 0 fully saturated rings. The Labute approximate surface area is 218 Å². The fraction of sp³-hybridized carbons (Fsp3) is 0.120. The van der Waals surface area contributed by atoms with E-state index in [0.29, 0.717) is 37.6 Å². The van der Waals surface area contributed by atoms with Crippen molar-refractivity contribution in [2.45, 2.75) is 29.4 Å². The van der Waals surface area contributed by atoms with Crippen LogP contribution in [0.15, 0.2) is 87.0 Å². The molecule has 0 saturated carbocycles. The van der Waals surface area contributed by atoms with Gasteiger partial charge in [0.25, 0.3) is 10.0 Å². The number of aromatic nitrogens is 2. The molecule has 2 N–H and O–H groups in total. The first-order valence-corrected chi connectivity index (χ1v) is 13.7. The van der Waals surface area contributed by atoms with Gasteiger partial charge < -0.3 is 5.73 Å². The van der Waals surface area contributed by atoms with Gasteiger partial charge in [-0.05, 0) is 49.2 Å². The average Bonchev–Trinajstić information content (AvgIpc) is 3.22. The number of hydrogen-bond donors (Lipinski definition) is 1. The summed E-state index contributed by atoms with van der Waals surface area (Å²) in [6.07, 6.45) is 0. The monoisotopic (exact) mass is 544 g/mol. The van der Waals surface area contributed by atoms with Crippen molar-refractivity contribution in [2.24, 2.45) is 10.1 Å². The van der Waals surface area contributed by atoms with Crippen LogP contribution in [0.25, 0.3) is 11.3 Å². The Hall–Kier alpha value is -2.78. The Balaban J connectivity index is 1.74. The molecule has 0 aliphatic rings. The zero-order valence-corrected chi connectivity index (χ0v) is 22.1. The van der Waals surface area contributed by atoms with Crippen molar-refractivity contribution in [3.8, 4) is 11.3 Å². The average molecular weight is 546 g/mol. The molecule has 0 saturated heterocycles. The second kappa shape index (κ2) is 10.5. The van der Waals surface area contributed by atoms with E-state index in [-0.39, 0.29) is 10.9 Å². The predicted molar refractivity (Wildman–Crippen MR) is 144 cm³/mol. The van der Waals surface area contributed by atoms with E-state index >= 15 is 0 Å². The molecule has 0 bridgehead atoms. The first-order valence-electron chi connectivity index (χ1n) is 10.5. The lowest BCUT2D eigenvalue weighted by atomic mass is 10.1. The number of halogens is 2. The van der Waals surface area contributed by atoms with E-state index in [1.54, 1.807) is 26.0 Å². The third kappa shape index (κ3) is 5.73. The highest BCUT2D eigenvalue weighted by Crippen LogP contribution is 2.35. The normalized spacial score (nSPS) is 12.2. The van der Waals surface area contributed by atoms with Crippen LogP contribution in [0.5, 0.6) is 0 Å². The van der Waals surface area contributed by atoms with Gasteiger partial charge in [0.15, 0.2) is 0 Å². The lowest BCUT2D eigenvalue weighted by molar-refractivity contribution is 0.595. The van der Waals surface area contributed by atoms with Crippen LogP contribution in [0.3, 0.4) is 0 Å². The van der Waals surface area contributed by atoms with Gasteiger partial charge in [-0.2, -0.15) is 18.2 Å². The van der Waals surface area contributed by atoms with Gasteiger partial charge in [0, 0.05) is 26.3 Å². The number of rotatable bonds is 6. The Morgan fingerprint density at radius 2 is 1.69 bits per heavy atom. The lowest BCUT2D eigenvalue weighted by Gasteiger charge is -2.12. The van der Waals surface area contributed by atoms with Crippen molar-refractivity contribution in [1.82, 2.24) is 9.78 Å². The molecule has 3 aromatic carbocycles. The highest BCUT2D eigenvalue weighted by molar-refractivity contribution is 7.99. The summed E-state index contributed by atoms with van der Waals surface area (Å²) in [5, 5.41) is 5.42. The summed E-state index contributed by atoms with van der Waals surface area (Å²) in [4.78, 5) is 0.474. The summed E-state index contributed by atoms with van der Waals surface area (Å²) in [7, 11) is -4.19. The Morgan fingerprint density at radius 1 is 1.00 bits per heavy atom. The van der Waals surface area contributed by atoms with Gasteiger partial charge in [0.1, 0.15) is 4.90 Å². The van der Waals surface area contributed by atoms with Gasteiger partial charge >= 0.3 is 0 Å². The van der Waals surface area contributed by atoms with E-state index < -0.39 is 10.0 Å². The van der Waals surface area contributed by atoms with Crippen molar-refractivity contribution in [3.05, 3.63) is 99.7 Å². The molecule has 4 aromatic rings. The van der Waals surface area contributed by atoms with Gasteiger partial charge in [-0.15, -0.1) is 16.2 Å². The molecule has 0 aliphatic carbocycles. The molecule has 0 radical (unpaired) electrons. The molecular weight excluding hydrogens is 523 g/mol. The number of aryl methyl sites for hydroxylation is 2. The van der Waals surface area contributed by atoms with E-state index in [0.717, 1.165) is 11.1 Å². The first kappa shape index (κ1) is 25.3. The molecule has 0 aliphatic heterocycles. The standard InChI is InChI=1S/C25H22Cl2N4O2S2/c1-16-12-24(23(14-21(16)27)34-15-19-10-6-7-11-20(19)26)35(32,33)30-25(28)31-22(13-17(2)29-31)18-8-4-3-5-9-18/h3-14H,15H2,1-2H3,(H2,28,30). The highest BCUT2D eigenvalue weighted by atomic mass is 35.5. The third-order valence-corrected chi connectivity index (χ3v) is 8.51. The largest absolute Gasteiger partial charge is 0.367 e. The predicted octanol–water partition coefficient (Wildman–Crippen LogP) is 6.32. The molecule has 180 valence electrons. The van der Waals surface area contributed by atoms with Crippen LogP contribution in [-0.4, -0.2) is 24.2 Å². The van der Waals surface area contributed by atoms with Crippen molar-refractivity contribution in [3.63, 3.8) is 0 Å². The Kier molecular flexibility index (Phi) is 7.56. The molecule has 35 heavy (non-hydrogen) atoms. The SMILES string of the molecule is Cc1cc(-c2ccccc2)n(C(N)=NS(=O)(=O)c2cc(C)c(Cl)cc2SCc2ccccc2Cl)n1. The summed E-state index contributed by atoms with van der Waals surface area (Å²) in [6.45, 7) is 3.54. The highest BCUT2D eigenvalue weighted by Gasteiger charge is 2.22. The summed E-state index contributed by atoms with van der Waals surface area (Å²) < 4.78 is 32.2. The fourth-order valence-electron chi connectivity index (χ4n) is 3.42. The van der Waals surface area contributed by atoms with Gasteiger partial charge in [0.05, 0.1) is 11.4 Å². The second-order valence-corrected chi connectivity index (χ2v) is 11.2. The molecule has 0 atom stereocenters. The molecule has 1 heterocycles. The van der Waals surface area contributed by atoms with Crippen molar-refractivity contribution < 1.29 is 8.42 Å². The maximum atomic E-state index is 13.4. The summed E-state index contributed by atoms with van der Waals surface area (Å²) in [6, 6.07) is 21.8. The number of hydrogen-bond acceptors (Lipinski definition) is 4. The summed E-state index contributed by atoms with van der Waals surface area (Å²) in [5.74, 6) is 0.198. The third-order valence-electron chi connectivity index (χ3n) is 5.18. The topological polar surface area (TPSA) is 90.3 Å². The summed E-state index contributed by atoms with van der Waals surface area (Å²) >= 11 is 13.9. The Bertz CT molecular complexity index is 1520. The quantitative estimate of drug-likeness (QED) is 0.174. The van der Waals surface area contributed by atoms with Crippen LogP contribution < -0.4 is 5.73 Å². The summed E-state index contributed by atoms with van der Waals surface area (Å²) in [5.41, 5.74) is 9.84. The number of benzene rings is 3. The zero-order valence-electron chi connectivity index (χ0n) is 18.9. The smallest absolute Gasteiger partial charge is 0.286 e. The van der Waals surface area contributed by atoms with Crippen LogP contribution in [0.1, 0.15) is 16.8 Å². The molecular formula is C25H22Cl2N4O2S2. The minimum atomic E-state index is -4.19. The van der Waals surface area contributed by atoms with E-state index in [9.17, 15) is 8.42 Å².